The lowest BCUT2D eigenvalue weighted by Gasteiger charge is -2.33. The van der Waals surface area contributed by atoms with Gasteiger partial charge in [-0.15, -0.1) is 33.2 Å². The molecule has 2 aliphatic carbocycles. The number of rotatable bonds is 9. The van der Waals surface area contributed by atoms with Gasteiger partial charge in [-0.1, -0.05) is 95.5 Å². The molecule has 2 atom stereocenters. The van der Waals surface area contributed by atoms with Crippen molar-refractivity contribution in [2.24, 2.45) is 5.41 Å². The summed E-state index contributed by atoms with van der Waals surface area (Å²) in [6.07, 6.45) is 18.0. The average molecular weight is 492 g/mol. The van der Waals surface area contributed by atoms with Crippen LogP contribution in [-0.4, -0.2) is 22.2 Å². The van der Waals surface area contributed by atoms with Crippen LogP contribution in [0.2, 0.25) is 56.4 Å². The van der Waals surface area contributed by atoms with E-state index in [0.717, 1.165) is 25.3 Å². The number of hydrogen-bond donors (Lipinski definition) is 0. The molecule has 2 unspecified atom stereocenters. The van der Waals surface area contributed by atoms with Crippen molar-refractivity contribution in [2.45, 2.75) is 82.6 Å². The molecule has 2 rings (SSSR count). The van der Waals surface area contributed by atoms with E-state index in [9.17, 15) is 0 Å². The monoisotopic (exact) mass is 490 g/mol. The fourth-order valence-electron chi connectivity index (χ4n) is 4.10. The van der Waals surface area contributed by atoms with Gasteiger partial charge in [0.2, 0.25) is 0 Å². The Hall–Kier alpha value is 0.481. The zero-order valence-electron chi connectivity index (χ0n) is 18.6. The summed E-state index contributed by atoms with van der Waals surface area (Å²) in [7, 11) is -2.46. The van der Waals surface area contributed by atoms with Crippen LogP contribution in [-0.2, 0) is 0 Å². The van der Waals surface area contributed by atoms with Gasteiger partial charge in [-0.3, -0.25) is 0 Å². The lowest BCUT2D eigenvalue weighted by Crippen LogP contribution is -2.26. The van der Waals surface area contributed by atoms with Gasteiger partial charge in [-0.25, -0.2) is 0 Å². The van der Waals surface area contributed by atoms with Crippen LogP contribution in [0.5, 0.6) is 0 Å². The van der Waals surface area contributed by atoms with Gasteiger partial charge in [0.25, 0.3) is 0 Å². The first-order valence-electron chi connectivity index (χ1n) is 10.5. The van der Waals surface area contributed by atoms with E-state index in [1.165, 1.54) is 11.1 Å². The Bertz CT molecular complexity index is 639. The predicted octanol–water partition coefficient (Wildman–Crippen LogP) is 9.23. The second-order valence-electron chi connectivity index (χ2n) is 10.9. The van der Waals surface area contributed by atoms with Crippen molar-refractivity contribution in [1.82, 2.24) is 0 Å². The van der Waals surface area contributed by atoms with E-state index in [2.05, 4.69) is 82.7 Å². The normalized spacial score (nSPS) is 25.1. The molecule has 0 saturated carbocycles. The van der Waals surface area contributed by atoms with Gasteiger partial charge in [-0.05, 0) is 34.7 Å². The maximum Gasteiger partial charge on any atom is 0.341 e. The summed E-state index contributed by atoms with van der Waals surface area (Å²) < 4.78 is 0. The molecule has 6 heteroatoms. The molecule has 0 aromatic rings. The average Bonchev–Trinajstić information content (AvgIpc) is 3.18. The second kappa shape index (κ2) is 8.92. The first-order valence-corrected chi connectivity index (χ1v) is 22.9. The van der Waals surface area contributed by atoms with E-state index in [-0.39, 0.29) is 5.41 Å². The van der Waals surface area contributed by atoms with E-state index in [1.54, 1.807) is 0 Å². The van der Waals surface area contributed by atoms with E-state index in [1.807, 2.05) is 0 Å². The Balaban J connectivity index is 2.27. The summed E-state index contributed by atoms with van der Waals surface area (Å²) in [6, 6.07) is -1.76. The molecule has 0 aliphatic heterocycles. The topological polar surface area (TPSA) is 0 Å². The van der Waals surface area contributed by atoms with Crippen molar-refractivity contribution in [1.29, 1.82) is 0 Å². The maximum absolute atomic E-state index is 6.11. The smallest absolute Gasteiger partial charge is 0.126 e. The molecule has 158 valence electrons. The number of unbranched alkanes of at least 4 members (excludes halogenated alkanes) is 1. The van der Waals surface area contributed by atoms with Crippen molar-refractivity contribution in [3.05, 3.63) is 47.6 Å². The molecule has 0 aromatic carbocycles. The maximum atomic E-state index is 6.11. The Morgan fingerprint density at radius 3 is 1.54 bits per heavy atom. The van der Waals surface area contributed by atoms with Crippen LogP contribution in [0.3, 0.4) is 0 Å². The Labute approximate surface area is 190 Å². The van der Waals surface area contributed by atoms with Crippen molar-refractivity contribution in [3.8, 4) is 0 Å². The fourth-order valence-corrected chi connectivity index (χ4v) is 8.66. The van der Waals surface area contributed by atoms with Crippen LogP contribution >= 0.6 is 33.2 Å². The first-order chi connectivity index (χ1) is 12.6. The van der Waals surface area contributed by atoms with E-state index < -0.39 is 22.2 Å². The zero-order chi connectivity index (χ0) is 21.4. The standard InChI is InChI=1S/C22H37Cl3Si3/c1-22(14-8-9-15-28(23,24)25,18-10-12-20(16-18)26(2,3)4)19-11-13-21(17-19)27(5,6)7/h10-13,16-17,20-21H,8-9,14-15H2,1-7H3. The molecular formula is C22H37Cl3Si3. The molecule has 0 nitrogen and oxygen atoms in total. The van der Waals surface area contributed by atoms with Crippen molar-refractivity contribution in [3.63, 3.8) is 0 Å². The van der Waals surface area contributed by atoms with Crippen LogP contribution in [0.4, 0.5) is 0 Å². The molecule has 0 aromatic heterocycles. The van der Waals surface area contributed by atoms with Crippen LogP contribution in [0.15, 0.2) is 47.6 Å². The molecule has 28 heavy (non-hydrogen) atoms. The highest BCUT2D eigenvalue weighted by atomic mass is 35.8. The van der Waals surface area contributed by atoms with Crippen molar-refractivity contribution in [2.75, 3.05) is 0 Å². The second-order valence-corrected chi connectivity index (χ2v) is 31.0. The third kappa shape index (κ3) is 6.49. The largest absolute Gasteiger partial charge is 0.341 e. The van der Waals surface area contributed by atoms with Gasteiger partial charge in [-0.2, -0.15) is 0 Å². The summed E-state index contributed by atoms with van der Waals surface area (Å²) in [5, 5.41) is 0. The molecule has 0 N–H and O–H groups in total. The first kappa shape index (κ1) is 24.7. The molecule has 0 amide bonds. The number of allylic oxidation sites excluding steroid dienone is 8. The van der Waals surface area contributed by atoms with E-state index >= 15 is 0 Å². The molecular weight excluding hydrogens is 455 g/mol. The van der Waals surface area contributed by atoms with Crippen molar-refractivity contribution >= 4 is 55.4 Å². The highest BCUT2D eigenvalue weighted by molar-refractivity contribution is 7.64. The summed E-state index contributed by atoms with van der Waals surface area (Å²) in [5.74, 6) is 0. The Kier molecular flexibility index (Phi) is 7.88. The Morgan fingerprint density at radius 2 is 1.21 bits per heavy atom. The van der Waals surface area contributed by atoms with Gasteiger partial charge in [0.1, 0.15) is 0 Å². The third-order valence-corrected chi connectivity index (χ3v) is 13.7. The van der Waals surface area contributed by atoms with Gasteiger partial charge < -0.3 is 0 Å². The van der Waals surface area contributed by atoms with Gasteiger partial charge in [0, 0.05) is 5.41 Å². The number of hydrogen-bond acceptors (Lipinski definition) is 0. The summed E-state index contributed by atoms with van der Waals surface area (Å²) in [5.41, 5.74) is 4.32. The molecule has 0 bridgehead atoms. The van der Waals surface area contributed by atoms with Crippen LogP contribution in [0.25, 0.3) is 0 Å². The van der Waals surface area contributed by atoms with Crippen molar-refractivity contribution < 1.29 is 0 Å². The predicted molar refractivity (Wildman–Crippen MR) is 139 cm³/mol. The van der Waals surface area contributed by atoms with E-state index in [4.69, 9.17) is 33.2 Å². The Morgan fingerprint density at radius 1 is 0.786 bits per heavy atom. The van der Waals surface area contributed by atoms with E-state index in [0.29, 0.717) is 11.1 Å². The number of halogens is 3. The molecule has 0 heterocycles. The van der Waals surface area contributed by atoms with Gasteiger partial charge >= 0.3 is 6.00 Å². The summed E-state index contributed by atoms with van der Waals surface area (Å²) >= 11 is 18.3. The lowest BCUT2D eigenvalue weighted by atomic mass is 9.72. The molecule has 0 saturated heterocycles. The minimum absolute atomic E-state index is 0.0605. The third-order valence-electron chi connectivity index (χ3n) is 6.35. The van der Waals surface area contributed by atoms with Crippen LogP contribution in [0.1, 0.15) is 26.2 Å². The highest BCUT2D eigenvalue weighted by Crippen LogP contribution is 2.49. The quantitative estimate of drug-likeness (QED) is 0.171. The van der Waals surface area contributed by atoms with Gasteiger partial charge in [0.15, 0.2) is 0 Å². The molecule has 0 fully saturated rings. The zero-order valence-corrected chi connectivity index (χ0v) is 23.8. The van der Waals surface area contributed by atoms with Crippen LogP contribution < -0.4 is 0 Å². The minimum atomic E-state index is -2.52. The molecule has 0 spiro atoms. The highest BCUT2D eigenvalue weighted by Gasteiger charge is 2.38. The van der Waals surface area contributed by atoms with Gasteiger partial charge in [0.05, 0.1) is 16.1 Å². The lowest BCUT2D eigenvalue weighted by molar-refractivity contribution is 0.437. The SMILES string of the molecule is CC(CCCC[Si](Cl)(Cl)Cl)(C1=CC([Si](C)(C)C)C=C1)C1=CC([Si](C)(C)C)C=C1. The minimum Gasteiger partial charge on any atom is -0.126 e. The summed E-state index contributed by atoms with van der Waals surface area (Å²) in [6.45, 7) is 17.2. The molecule has 0 radical (unpaired) electrons. The molecule has 2 aliphatic rings. The fraction of sp³-hybridized carbons (Fsp3) is 0.636. The summed E-state index contributed by atoms with van der Waals surface area (Å²) in [4.78, 5) is 0. The van der Waals surface area contributed by atoms with Crippen LogP contribution in [0, 0.1) is 5.41 Å².